The number of amides is 1. The second-order valence-electron chi connectivity index (χ2n) is 6.67. The van der Waals surface area contributed by atoms with Crippen LogP contribution >= 0.6 is 11.6 Å². The number of Topliss-reactive ketones (excluding diaryl/α,β-unsaturated/α-hetero) is 1. The predicted molar refractivity (Wildman–Crippen MR) is 106 cm³/mol. The minimum atomic E-state index is -0.544. The van der Waals surface area contributed by atoms with Crippen LogP contribution < -0.4 is 9.47 Å². The van der Waals surface area contributed by atoms with Gasteiger partial charge in [-0.15, -0.1) is 0 Å². The molecule has 0 spiro atoms. The Morgan fingerprint density at radius 2 is 1.79 bits per heavy atom. The summed E-state index contributed by atoms with van der Waals surface area (Å²) in [5, 5.41) is 1.16. The molecule has 3 aromatic rings. The molecule has 1 aliphatic rings. The van der Waals surface area contributed by atoms with Gasteiger partial charge < -0.3 is 19.4 Å². The molecular weight excluding hydrogens is 380 g/mol. The van der Waals surface area contributed by atoms with Crippen molar-refractivity contribution in [2.75, 3.05) is 20.8 Å². The number of H-pyrrole nitrogens is 1. The van der Waals surface area contributed by atoms with E-state index in [1.807, 2.05) is 12.1 Å². The molecule has 2 aromatic carbocycles. The molecule has 7 heteroatoms. The maximum absolute atomic E-state index is 12.9. The van der Waals surface area contributed by atoms with Crippen LogP contribution in [0, 0.1) is 0 Å². The number of rotatable bonds is 4. The first kappa shape index (κ1) is 18.4. The van der Waals surface area contributed by atoms with Crippen molar-refractivity contribution in [3.8, 4) is 11.5 Å². The number of halogens is 1. The molecule has 1 aliphatic heterocycles. The minimum absolute atomic E-state index is 0.334. The summed E-state index contributed by atoms with van der Waals surface area (Å²) in [6.07, 6.45) is 2.21. The average molecular weight is 399 g/mol. The Morgan fingerprint density at radius 1 is 1.07 bits per heavy atom. The lowest BCUT2D eigenvalue weighted by Gasteiger charge is -2.29. The van der Waals surface area contributed by atoms with Gasteiger partial charge in [0.15, 0.2) is 11.5 Å². The van der Waals surface area contributed by atoms with Gasteiger partial charge in [-0.2, -0.15) is 0 Å². The van der Waals surface area contributed by atoms with Crippen molar-refractivity contribution >= 4 is 34.2 Å². The third-order valence-electron chi connectivity index (χ3n) is 5.09. The van der Waals surface area contributed by atoms with Crippen molar-refractivity contribution in [2.24, 2.45) is 0 Å². The van der Waals surface area contributed by atoms with Gasteiger partial charge in [0.05, 0.1) is 19.8 Å². The average Bonchev–Trinajstić information content (AvgIpc) is 3.14. The summed E-state index contributed by atoms with van der Waals surface area (Å²) in [7, 11) is 3.16. The number of carbonyl (C=O) groups is 2. The second kappa shape index (κ2) is 7.20. The topological polar surface area (TPSA) is 71.6 Å². The fourth-order valence-corrected chi connectivity index (χ4v) is 3.77. The van der Waals surface area contributed by atoms with Crippen LogP contribution in [0.15, 0.2) is 36.5 Å². The van der Waals surface area contributed by atoms with Crippen LogP contribution in [-0.4, -0.2) is 42.3 Å². The highest BCUT2D eigenvalue weighted by molar-refractivity contribution is 6.45. The van der Waals surface area contributed by atoms with Gasteiger partial charge in [-0.1, -0.05) is 11.6 Å². The number of ether oxygens (including phenoxy) is 2. The molecule has 0 saturated carbocycles. The van der Waals surface area contributed by atoms with E-state index in [-0.39, 0.29) is 0 Å². The number of carbonyl (C=O) groups excluding carboxylic acids is 2. The predicted octanol–water partition coefficient (Wildman–Crippen LogP) is 3.61. The first-order chi connectivity index (χ1) is 13.5. The van der Waals surface area contributed by atoms with E-state index in [4.69, 9.17) is 21.1 Å². The lowest BCUT2D eigenvalue weighted by Crippen LogP contribution is -2.40. The number of methoxy groups -OCH3 is 2. The molecule has 1 aromatic heterocycles. The van der Waals surface area contributed by atoms with Gasteiger partial charge in [-0.3, -0.25) is 9.59 Å². The van der Waals surface area contributed by atoms with E-state index in [9.17, 15) is 9.59 Å². The lowest BCUT2D eigenvalue weighted by molar-refractivity contribution is -0.127. The Labute approximate surface area is 167 Å². The molecule has 6 nitrogen and oxygen atoms in total. The third-order valence-corrected chi connectivity index (χ3v) is 5.32. The first-order valence-electron chi connectivity index (χ1n) is 8.86. The highest BCUT2D eigenvalue weighted by Crippen LogP contribution is 2.33. The molecular formula is C21H19ClN2O4. The highest BCUT2D eigenvalue weighted by Gasteiger charge is 2.29. The first-order valence-corrected chi connectivity index (χ1v) is 9.23. The van der Waals surface area contributed by atoms with Crippen LogP contribution in [0.1, 0.15) is 21.5 Å². The van der Waals surface area contributed by atoms with Gasteiger partial charge in [-0.25, -0.2) is 0 Å². The fraction of sp³-hybridized carbons (Fsp3) is 0.238. The monoisotopic (exact) mass is 398 g/mol. The Bertz CT molecular complexity index is 1090. The number of nitrogens with one attached hydrogen (secondary N) is 1. The van der Waals surface area contributed by atoms with E-state index in [1.54, 1.807) is 43.5 Å². The van der Waals surface area contributed by atoms with Gasteiger partial charge in [0.25, 0.3) is 11.7 Å². The van der Waals surface area contributed by atoms with E-state index < -0.39 is 11.7 Å². The fourth-order valence-electron chi connectivity index (χ4n) is 3.60. The van der Waals surface area contributed by atoms with E-state index in [0.29, 0.717) is 47.0 Å². The summed E-state index contributed by atoms with van der Waals surface area (Å²) >= 11 is 6.05. The van der Waals surface area contributed by atoms with Crippen molar-refractivity contribution in [1.82, 2.24) is 9.88 Å². The van der Waals surface area contributed by atoms with Crippen LogP contribution in [0.4, 0.5) is 0 Å². The number of benzene rings is 2. The van der Waals surface area contributed by atoms with Crippen molar-refractivity contribution in [3.63, 3.8) is 0 Å². The van der Waals surface area contributed by atoms with Crippen LogP contribution in [0.5, 0.6) is 11.5 Å². The SMILES string of the molecule is COc1cc2c(cc1OC)CN(C(=O)C(=O)c1c[nH]c3ccc(Cl)cc13)CC2. The van der Waals surface area contributed by atoms with E-state index in [2.05, 4.69) is 4.98 Å². The number of ketones is 1. The van der Waals surface area contributed by atoms with Crippen LogP contribution in [-0.2, 0) is 17.8 Å². The maximum Gasteiger partial charge on any atom is 0.295 e. The zero-order chi connectivity index (χ0) is 19.8. The Morgan fingerprint density at radius 3 is 2.50 bits per heavy atom. The number of hydrogen-bond acceptors (Lipinski definition) is 4. The molecule has 0 atom stereocenters. The molecule has 28 heavy (non-hydrogen) atoms. The Hall–Kier alpha value is -2.99. The van der Waals surface area contributed by atoms with Crippen molar-refractivity contribution in [1.29, 1.82) is 0 Å². The van der Waals surface area contributed by atoms with Gasteiger partial charge in [0, 0.05) is 35.2 Å². The maximum atomic E-state index is 12.9. The second-order valence-corrected chi connectivity index (χ2v) is 7.11. The van der Waals surface area contributed by atoms with E-state index >= 15 is 0 Å². The van der Waals surface area contributed by atoms with Crippen LogP contribution in [0.2, 0.25) is 5.02 Å². The largest absolute Gasteiger partial charge is 0.493 e. The molecule has 0 bridgehead atoms. The van der Waals surface area contributed by atoms with E-state index in [0.717, 1.165) is 16.6 Å². The molecule has 1 amide bonds. The Kier molecular flexibility index (Phi) is 4.73. The molecule has 4 rings (SSSR count). The highest BCUT2D eigenvalue weighted by atomic mass is 35.5. The number of aromatic amines is 1. The summed E-state index contributed by atoms with van der Waals surface area (Å²) in [5.74, 6) is 0.194. The molecule has 144 valence electrons. The summed E-state index contributed by atoms with van der Waals surface area (Å²) in [4.78, 5) is 30.3. The molecule has 2 heterocycles. The van der Waals surface area contributed by atoms with Crippen LogP contribution in [0.3, 0.4) is 0 Å². The molecule has 0 aliphatic carbocycles. The quantitative estimate of drug-likeness (QED) is 0.538. The van der Waals surface area contributed by atoms with Gasteiger partial charge in [0.1, 0.15) is 0 Å². The number of hydrogen-bond donors (Lipinski definition) is 1. The smallest absolute Gasteiger partial charge is 0.295 e. The van der Waals surface area contributed by atoms with Crippen molar-refractivity contribution < 1.29 is 19.1 Å². The van der Waals surface area contributed by atoms with Gasteiger partial charge in [-0.05, 0) is 47.9 Å². The number of fused-ring (bicyclic) bond motifs is 2. The van der Waals surface area contributed by atoms with Crippen LogP contribution in [0.25, 0.3) is 10.9 Å². The Balaban J connectivity index is 1.60. The normalized spacial score (nSPS) is 13.3. The molecule has 0 unspecified atom stereocenters. The molecule has 1 N–H and O–H groups in total. The zero-order valence-corrected chi connectivity index (χ0v) is 16.3. The molecule has 0 fully saturated rings. The molecule has 0 radical (unpaired) electrons. The summed E-state index contributed by atoms with van der Waals surface area (Å²) < 4.78 is 10.7. The standard InChI is InChI=1S/C21H19ClN2O4/c1-27-18-7-12-5-6-24(11-13(12)8-19(18)28-2)21(26)20(25)16-10-23-17-4-3-14(22)9-15(16)17/h3-4,7-10,23H,5-6,11H2,1-2H3. The van der Waals surface area contributed by atoms with E-state index in [1.165, 1.54) is 0 Å². The van der Waals surface area contributed by atoms with Crippen molar-refractivity contribution in [3.05, 3.63) is 58.2 Å². The van der Waals surface area contributed by atoms with Gasteiger partial charge in [0.2, 0.25) is 0 Å². The lowest BCUT2D eigenvalue weighted by atomic mass is 9.98. The summed E-state index contributed by atoms with van der Waals surface area (Å²) in [6, 6.07) is 9.01. The van der Waals surface area contributed by atoms with Crippen molar-refractivity contribution in [2.45, 2.75) is 13.0 Å². The number of nitrogens with zero attached hydrogens (tertiary/aromatic N) is 1. The number of aromatic nitrogens is 1. The zero-order valence-electron chi connectivity index (χ0n) is 15.5. The van der Waals surface area contributed by atoms with Gasteiger partial charge >= 0.3 is 0 Å². The minimum Gasteiger partial charge on any atom is -0.493 e. The summed E-state index contributed by atoms with van der Waals surface area (Å²) in [6.45, 7) is 0.819. The third kappa shape index (κ3) is 3.10. The molecule has 0 saturated heterocycles. The summed E-state index contributed by atoms with van der Waals surface area (Å²) in [5.41, 5.74) is 3.14.